The number of carbonyl (C=O) groups excluding carboxylic acids is 1. The van der Waals surface area contributed by atoms with Crippen LogP contribution in [0.2, 0.25) is 5.02 Å². The number of carbonyl (C=O) groups is 1. The Labute approximate surface area is 184 Å². The minimum atomic E-state index is -3.72. The lowest BCUT2D eigenvalue weighted by molar-refractivity contribution is 0.0998. The molecule has 6 nitrogen and oxygen atoms in total. The number of hydrogen-bond acceptors (Lipinski definition) is 4. The first kappa shape index (κ1) is 22.2. The fourth-order valence-electron chi connectivity index (χ4n) is 2.84. The van der Waals surface area contributed by atoms with Crippen molar-refractivity contribution in [2.45, 2.75) is 4.90 Å². The number of amides is 1. The summed E-state index contributed by atoms with van der Waals surface area (Å²) in [7, 11) is -1.90. The maximum absolute atomic E-state index is 12.8. The lowest BCUT2D eigenvalue weighted by Crippen LogP contribution is -2.31. The normalized spacial score (nSPS) is 12.4. The van der Waals surface area contributed by atoms with E-state index in [1.165, 1.54) is 52.1 Å². The zero-order chi connectivity index (χ0) is 21.9. The summed E-state index contributed by atoms with van der Waals surface area (Å²) in [5.41, 5.74) is 1.21. The predicted molar refractivity (Wildman–Crippen MR) is 121 cm³/mol. The van der Waals surface area contributed by atoms with Gasteiger partial charge in [-0.3, -0.25) is 4.79 Å². The lowest BCUT2D eigenvalue weighted by Gasteiger charge is -2.19. The van der Waals surface area contributed by atoms with Gasteiger partial charge in [-0.1, -0.05) is 35.1 Å². The van der Waals surface area contributed by atoms with Gasteiger partial charge < -0.3 is 4.57 Å². The Bertz CT molecular complexity index is 1280. The van der Waals surface area contributed by atoms with Crippen LogP contribution in [0.25, 0.3) is 10.2 Å². The van der Waals surface area contributed by atoms with E-state index in [9.17, 15) is 13.2 Å². The van der Waals surface area contributed by atoms with Crippen LogP contribution in [-0.2, 0) is 17.1 Å². The van der Waals surface area contributed by atoms with Crippen molar-refractivity contribution in [2.75, 3.05) is 13.1 Å². The van der Waals surface area contributed by atoms with E-state index in [4.69, 9.17) is 11.6 Å². The molecule has 0 atom stereocenters. The Balaban J connectivity index is 1.92. The number of aryl methyl sites for hydroxylation is 1. The van der Waals surface area contributed by atoms with E-state index in [-0.39, 0.29) is 18.0 Å². The number of halogens is 1. The van der Waals surface area contributed by atoms with E-state index in [0.717, 1.165) is 10.2 Å². The maximum atomic E-state index is 12.8. The van der Waals surface area contributed by atoms with Crippen molar-refractivity contribution in [1.29, 1.82) is 0 Å². The topological polar surface area (TPSA) is 71.7 Å². The molecule has 1 amide bonds. The van der Waals surface area contributed by atoms with Gasteiger partial charge in [0.25, 0.3) is 5.91 Å². The molecule has 0 radical (unpaired) electrons. The van der Waals surface area contributed by atoms with Crippen molar-refractivity contribution in [2.24, 2.45) is 12.0 Å². The molecule has 0 aliphatic heterocycles. The largest absolute Gasteiger partial charge is 0.319 e. The molecule has 2 aromatic carbocycles. The second-order valence-corrected chi connectivity index (χ2v) is 9.78. The van der Waals surface area contributed by atoms with Gasteiger partial charge in [-0.05, 0) is 42.5 Å². The number of nitrogens with zero attached hydrogens (tertiary/aromatic N) is 3. The fraction of sp³-hybridized carbons (Fsp3) is 0.143. The van der Waals surface area contributed by atoms with E-state index < -0.39 is 15.9 Å². The summed E-state index contributed by atoms with van der Waals surface area (Å²) in [5.74, 6) is -0.457. The van der Waals surface area contributed by atoms with Crippen LogP contribution in [0.1, 0.15) is 10.4 Å². The zero-order valence-corrected chi connectivity index (χ0v) is 18.7. The summed E-state index contributed by atoms with van der Waals surface area (Å²) in [6.45, 7) is 7.50. The first-order chi connectivity index (χ1) is 14.3. The zero-order valence-electron chi connectivity index (χ0n) is 16.3. The van der Waals surface area contributed by atoms with Crippen molar-refractivity contribution in [3.8, 4) is 0 Å². The van der Waals surface area contributed by atoms with Crippen molar-refractivity contribution in [3.63, 3.8) is 0 Å². The smallest absolute Gasteiger partial charge is 0.279 e. The molecule has 0 spiro atoms. The maximum Gasteiger partial charge on any atom is 0.279 e. The molecule has 30 heavy (non-hydrogen) atoms. The molecule has 1 heterocycles. The van der Waals surface area contributed by atoms with E-state index >= 15 is 0 Å². The Kier molecular flexibility index (Phi) is 6.72. The average molecular weight is 462 g/mol. The molecule has 156 valence electrons. The Morgan fingerprint density at radius 3 is 2.40 bits per heavy atom. The third kappa shape index (κ3) is 4.46. The van der Waals surface area contributed by atoms with Gasteiger partial charge in [0.1, 0.15) is 0 Å². The number of fused-ring (bicyclic) bond motifs is 1. The number of aromatic nitrogens is 1. The highest BCUT2D eigenvalue weighted by molar-refractivity contribution is 7.89. The molecule has 3 rings (SSSR count). The molecule has 0 aliphatic carbocycles. The number of hydrogen-bond donors (Lipinski definition) is 0. The van der Waals surface area contributed by atoms with Crippen LogP contribution in [0.4, 0.5) is 0 Å². The average Bonchev–Trinajstić information content (AvgIpc) is 3.02. The van der Waals surface area contributed by atoms with Gasteiger partial charge in [0.2, 0.25) is 10.0 Å². The minimum Gasteiger partial charge on any atom is -0.319 e. The molecule has 3 aromatic rings. The third-order valence-electron chi connectivity index (χ3n) is 4.37. The van der Waals surface area contributed by atoms with E-state index in [1.54, 1.807) is 6.07 Å². The first-order valence-electron chi connectivity index (χ1n) is 8.94. The quantitative estimate of drug-likeness (QED) is 0.499. The Hall–Kier alpha value is -2.52. The first-order valence-corrected chi connectivity index (χ1v) is 11.6. The molecule has 0 N–H and O–H groups in total. The van der Waals surface area contributed by atoms with Crippen molar-refractivity contribution in [1.82, 2.24) is 8.87 Å². The molecular weight excluding hydrogens is 442 g/mol. The molecule has 9 heteroatoms. The molecule has 0 aliphatic rings. The number of thiazole rings is 1. The van der Waals surface area contributed by atoms with E-state index in [2.05, 4.69) is 18.2 Å². The molecule has 0 bridgehead atoms. The summed E-state index contributed by atoms with van der Waals surface area (Å²) in [5, 5.41) is 0.612. The van der Waals surface area contributed by atoms with Gasteiger partial charge in [0.15, 0.2) is 4.80 Å². The van der Waals surface area contributed by atoms with Crippen molar-refractivity contribution < 1.29 is 13.2 Å². The van der Waals surface area contributed by atoms with Gasteiger partial charge in [-0.15, -0.1) is 13.2 Å². The van der Waals surface area contributed by atoms with E-state index in [1.807, 2.05) is 23.7 Å². The summed E-state index contributed by atoms with van der Waals surface area (Å²) in [4.78, 5) is 17.4. The fourth-order valence-corrected chi connectivity index (χ4v) is 5.52. The molecule has 0 saturated heterocycles. The summed E-state index contributed by atoms with van der Waals surface area (Å²) in [6.07, 6.45) is 3.02. The number of sulfonamides is 1. The van der Waals surface area contributed by atoms with Crippen LogP contribution < -0.4 is 4.80 Å². The molecule has 1 aromatic heterocycles. The summed E-state index contributed by atoms with van der Waals surface area (Å²) in [6, 6.07) is 11.2. The molecule has 0 fully saturated rings. The molecule has 0 unspecified atom stereocenters. The van der Waals surface area contributed by atoms with Gasteiger partial charge in [-0.25, -0.2) is 8.42 Å². The lowest BCUT2D eigenvalue weighted by atomic mass is 10.2. The Morgan fingerprint density at radius 2 is 1.80 bits per heavy atom. The van der Waals surface area contributed by atoms with Crippen LogP contribution in [0.15, 0.2) is 77.7 Å². The van der Waals surface area contributed by atoms with Crippen LogP contribution in [0.3, 0.4) is 0 Å². The van der Waals surface area contributed by atoms with Crippen LogP contribution in [0.5, 0.6) is 0 Å². The summed E-state index contributed by atoms with van der Waals surface area (Å²) >= 11 is 7.38. The van der Waals surface area contributed by atoms with E-state index in [0.29, 0.717) is 15.4 Å². The van der Waals surface area contributed by atoms with Crippen LogP contribution >= 0.6 is 22.9 Å². The number of benzene rings is 2. The van der Waals surface area contributed by atoms with Gasteiger partial charge in [0, 0.05) is 30.7 Å². The van der Waals surface area contributed by atoms with Gasteiger partial charge >= 0.3 is 0 Å². The molecular formula is C21H20ClN3O3S2. The highest BCUT2D eigenvalue weighted by Crippen LogP contribution is 2.21. The summed E-state index contributed by atoms with van der Waals surface area (Å²) < 4.78 is 29.5. The minimum absolute atomic E-state index is 0.0878. The second kappa shape index (κ2) is 9.09. The van der Waals surface area contributed by atoms with Gasteiger partial charge in [0.05, 0.1) is 15.1 Å². The SMILES string of the molecule is C=CCN(CC=C)S(=O)(=O)c1ccc(C(=O)N=c2sc3cc(Cl)ccc3n2C)cc1. The third-order valence-corrected chi connectivity index (χ3v) is 7.55. The predicted octanol–water partition coefficient (Wildman–Crippen LogP) is 4.00. The van der Waals surface area contributed by atoms with Crippen molar-refractivity contribution >= 4 is 49.1 Å². The number of rotatable bonds is 7. The van der Waals surface area contributed by atoms with Gasteiger partial charge in [-0.2, -0.15) is 9.30 Å². The Morgan fingerprint density at radius 1 is 1.17 bits per heavy atom. The van der Waals surface area contributed by atoms with Crippen LogP contribution in [0, 0.1) is 0 Å². The second-order valence-electron chi connectivity index (χ2n) is 6.40. The monoisotopic (exact) mass is 461 g/mol. The van der Waals surface area contributed by atoms with Crippen molar-refractivity contribution in [3.05, 3.63) is 83.2 Å². The van der Waals surface area contributed by atoms with Crippen LogP contribution in [-0.4, -0.2) is 36.3 Å². The molecule has 0 saturated carbocycles. The highest BCUT2D eigenvalue weighted by Gasteiger charge is 2.22. The standard InChI is InChI=1S/C21H20ClN3O3S2/c1-4-12-25(13-5-2)30(27,28)17-9-6-15(7-10-17)20(26)23-21-24(3)18-11-8-16(22)14-19(18)29-21/h4-11,14H,1-2,12-13H2,3H3. The highest BCUT2D eigenvalue weighted by atomic mass is 35.5.